The molecule has 3 rings (SSSR count). The first-order chi connectivity index (χ1) is 18.5. The summed E-state index contributed by atoms with van der Waals surface area (Å²) in [6.45, 7) is 8.32. The lowest BCUT2D eigenvalue weighted by Crippen LogP contribution is -2.35. The molecule has 0 heterocycles. The Hall–Kier alpha value is -3.49. The van der Waals surface area contributed by atoms with E-state index in [0.717, 1.165) is 5.56 Å². The summed E-state index contributed by atoms with van der Waals surface area (Å²) in [7, 11) is 0. The summed E-state index contributed by atoms with van der Waals surface area (Å²) in [6, 6.07) is 19.3. The van der Waals surface area contributed by atoms with Gasteiger partial charge in [0.05, 0.1) is 17.2 Å². The van der Waals surface area contributed by atoms with Crippen molar-refractivity contribution in [2.75, 3.05) is 18.9 Å². The lowest BCUT2D eigenvalue weighted by molar-refractivity contribution is -0.146. The molecule has 7 nitrogen and oxygen atoms in total. The second-order valence-corrected chi connectivity index (χ2v) is 11.1. The van der Waals surface area contributed by atoms with Gasteiger partial charge in [-0.2, -0.15) is 0 Å². The van der Waals surface area contributed by atoms with Gasteiger partial charge in [0.1, 0.15) is 13.2 Å². The van der Waals surface area contributed by atoms with Gasteiger partial charge in [-0.15, -0.1) is 0 Å². The summed E-state index contributed by atoms with van der Waals surface area (Å²) in [4.78, 5) is 38.3. The number of ketones is 1. The van der Waals surface area contributed by atoms with Crippen LogP contribution in [0.25, 0.3) is 0 Å². The quantitative estimate of drug-likeness (QED) is 0.120. The monoisotopic (exact) mass is 594 g/mol. The zero-order valence-electron chi connectivity index (χ0n) is 22.8. The molecule has 0 fully saturated rings. The normalized spacial score (nSPS) is 12.0. The van der Waals surface area contributed by atoms with E-state index in [1.54, 1.807) is 42.5 Å². The fourth-order valence-electron chi connectivity index (χ4n) is 3.95. The molecule has 0 amide bonds. The van der Waals surface area contributed by atoms with Gasteiger partial charge in [-0.3, -0.25) is 9.59 Å². The van der Waals surface area contributed by atoms with Crippen molar-refractivity contribution in [3.05, 3.63) is 99.0 Å². The second-order valence-electron chi connectivity index (χ2n) is 10.2. The van der Waals surface area contributed by atoms with Gasteiger partial charge in [0, 0.05) is 27.7 Å². The molecule has 3 aromatic carbocycles. The SMILES string of the molecule is CCC(C(=O)OCCOC(=O)c1cc(Br)c(N)c(CNC(C)(C)C)c1)c1cccc(C(=O)c2ccccc2)c1. The third-order valence-corrected chi connectivity index (χ3v) is 6.76. The Balaban J connectivity index is 1.57. The molecular formula is C31H35BrN2O5. The minimum atomic E-state index is -0.546. The first-order valence-electron chi connectivity index (χ1n) is 12.9. The maximum Gasteiger partial charge on any atom is 0.338 e. The fraction of sp³-hybridized carbons (Fsp3) is 0.323. The van der Waals surface area contributed by atoms with E-state index in [4.69, 9.17) is 15.2 Å². The van der Waals surface area contributed by atoms with Crippen LogP contribution >= 0.6 is 15.9 Å². The third-order valence-electron chi connectivity index (χ3n) is 6.10. The molecule has 0 spiro atoms. The number of nitrogens with one attached hydrogen (secondary N) is 1. The average molecular weight is 596 g/mol. The molecule has 3 aromatic rings. The number of hydrogen-bond acceptors (Lipinski definition) is 7. The van der Waals surface area contributed by atoms with Crippen LogP contribution < -0.4 is 11.1 Å². The Labute approximate surface area is 238 Å². The topological polar surface area (TPSA) is 108 Å². The maximum atomic E-state index is 12.8. The summed E-state index contributed by atoms with van der Waals surface area (Å²) in [5, 5.41) is 3.36. The van der Waals surface area contributed by atoms with Crippen molar-refractivity contribution in [3.8, 4) is 0 Å². The molecule has 0 bridgehead atoms. The van der Waals surface area contributed by atoms with Gasteiger partial charge in [0.25, 0.3) is 0 Å². The van der Waals surface area contributed by atoms with Crippen LogP contribution in [0.2, 0.25) is 0 Å². The van der Waals surface area contributed by atoms with Gasteiger partial charge in [-0.25, -0.2) is 4.79 Å². The standard InChI is InChI=1S/C31H35BrN2O5/c1-5-25(21-12-9-13-22(16-21)28(35)20-10-7-6-8-11-20)30(37)39-15-14-38-29(36)23-17-24(19-34-31(2,3)4)27(33)26(32)18-23/h6-13,16-18,25,34H,5,14-15,19,33H2,1-4H3. The van der Waals surface area contributed by atoms with Crippen LogP contribution in [0.5, 0.6) is 0 Å². The van der Waals surface area contributed by atoms with Crippen molar-refractivity contribution in [2.45, 2.75) is 52.1 Å². The Morgan fingerprint density at radius 1 is 0.897 bits per heavy atom. The van der Waals surface area contributed by atoms with E-state index in [2.05, 4.69) is 21.2 Å². The molecule has 0 saturated heterocycles. The highest BCUT2D eigenvalue weighted by Crippen LogP contribution is 2.27. The largest absolute Gasteiger partial charge is 0.462 e. The Morgan fingerprint density at radius 3 is 2.23 bits per heavy atom. The van der Waals surface area contributed by atoms with Crippen LogP contribution in [0, 0.1) is 0 Å². The number of ether oxygens (including phenoxy) is 2. The predicted octanol–water partition coefficient (Wildman–Crippen LogP) is 6.04. The van der Waals surface area contributed by atoms with Crippen LogP contribution in [-0.2, 0) is 20.8 Å². The molecule has 0 saturated carbocycles. The van der Waals surface area contributed by atoms with Gasteiger partial charge < -0.3 is 20.5 Å². The second kappa shape index (κ2) is 13.5. The Morgan fingerprint density at radius 2 is 1.56 bits per heavy atom. The van der Waals surface area contributed by atoms with Crippen molar-refractivity contribution >= 4 is 39.3 Å². The summed E-state index contributed by atoms with van der Waals surface area (Å²) in [6.07, 6.45) is 0.493. The molecule has 8 heteroatoms. The average Bonchev–Trinajstić information content (AvgIpc) is 2.91. The van der Waals surface area contributed by atoms with E-state index in [1.165, 1.54) is 0 Å². The van der Waals surface area contributed by atoms with E-state index in [9.17, 15) is 14.4 Å². The lowest BCUT2D eigenvalue weighted by Gasteiger charge is -2.21. The van der Waals surface area contributed by atoms with Crippen molar-refractivity contribution in [1.29, 1.82) is 0 Å². The molecule has 0 aliphatic carbocycles. The molecule has 0 radical (unpaired) electrons. The van der Waals surface area contributed by atoms with Gasteiger partial charge >= 0.3 is 11.9 Å². The van der Waals surface area contributed by atoms with Crippen molar-refractivity contribution < 1.29 is 23.9 Å². The maximum absolute atomic E-state index is 12.8. The van der Waals surface area contributed by atoms with Crippen LogP contribution in [0.1, 0.15) is 77.4 Å². The number of carbonyl (C=O) groups is 3. The zero-order valence-corrected chi connectivity index (χ0v) is 24.3. The minimum absolute atomic E-state index is 0.0850. The predicted molar refractivity (Wildman–Crippen MR) is 156 cm³/mol. The number of halogens is 1. The smallest absolute Gasteiger partial charge is 0.338 e. The van der Waals surface area contributed by atoms with Gasteiger partial charge in [0.2, 0.25) is 0 Å². The highest BCUT2D eigenvalue weighted by atomic mass is 79.9. The summed E-state index contributed by atoms with van der Waals surface area (Å²) < 4.78 is 11.4. The van der Waals surface area contributed by atoms with E-state index in [1.807, 2.05) is 52.0 Å². The van der Waals surface area contributed by atoms with Gasteiger partial charge in [-0.1, -0.05) is 55.5 Å². The van der Waals surface area contributed by atoms with Crippen LogP contribution in [-0.4, -0.2) is 36.5 Å². The molecule has 1 atom stereocenters. The molecule has 3 N–H and O–H groups in total. The number of hydrogen-bond donors (Lipinski definition) is 2. The number of nitrogen functional groups attached to an aromatic ring is 1. The number of esters is 2. The molecular weight excluding hydrogens is 560 g/mol. The first-order valence-corrected chi connectivity index (χ1v) is 13.7. The summed E-state index contributed by atoms with van der Waals surface area (Å²) in [5.74, 6) is -1.64. The highest BCUT2D eigenvalue weighted by Gasteiger charge is 2.22. The van der Waals surface area contributed by atoms with Crippen LogP contribution in [0.15, 0.2) is 71.2 Å². The summed E-state index contributed by atoms with van der Waals surface area (Å²) >= 11 is 3.41. The highest BCUT2D eigenvalue weighted by molar-refractivity contribution is 9.10. The van der Waals surface area contributed by atoms with E-state index in [0.29, 0.717) is 45.4 Å². The Bertz CT molecular complexity index is 1320. The van der Waals surface area contributed by atoms with Crippen molar-refractivity contribution in [3.63, 3.8) is 0 Å². The Kier molecular flexibility index (Phi) is 10.4. The molecule has 0 aliphatic heterocycles. The lowest BCUT2D eigenvalue weighted by atomic mass is 9.93. The third kappa shape index (κ3) is 8.50. The van der Waals surface area contributed by atoms with Gasteiger partial charge in [-0.05, 0) is 72.4 Å². The number of anilines is 1. The fourth-order valence-corrected chi connectivity index (χ4v) is 4.45. The van der Waals surface area contributed by atoms with Crippen molar-refractivity contribution in [2.24, 2.45) is 0 Å². The number of benzene rings is 3. The van der Waals surface area contributed by atoms with Crippen molar-refractivity contribution in [1.82, 2.24) is 5.32 Å². The number of carbonyl (C=O) groups excluding carboxylic acids is 3. The molecule has 0 aromatic heterocycles. The van der Waals surface area contributed by atoms with E-state index >= 15 is 0 Å². The summed E-state index contributed by atoms with van der Waals surface area (Å²) in [5.41, 5.74) is 9.51. The molecule has 206 valence electrons. The minimum Gasteiger partial charge on any atom is -0.462 e. The van der Waals surface area contributed by atoms with Crippen LogP contribution in [0.4, 0.5) is 5.69 Å². The zero-order chi connectivity index (χ0) is 28.6. The molecule has 0 aliphatic rings. The van der Waals surface area contributed by atoms with Crippen LogP contribution in [0.3, 0.4) is 0 Å². The first kappa shape index (κ1) is 30.1. The molecule has 1 unspecified atom stereocenters. The van der Waals surface area contributed by atoms with E-state index in [-0.39, 0.29) is 24.5 Å². The van der Waals surface area contributed by atoms with E-state index < -0.39 is 17.9 Å². The number of rotatable bonds is 11. The molecule has 39 heavy (non-hydrogen) atoms. The number of nitrogens with two attached hydrogens (primary N) is 1. The van der Waals surface area contributed by atoms with Gasteiger partial charge in [0.15, 0.2) is 5.78 Å².